The first kappa shape index (κ1) is 16.1. The molecule has 3 aliphatic rings. The van der Waals surface area contributed by atoms with E-state index in [2.05, 4.69) is 23.1 Å². The topological polar surface area (TPSA) is 38.8 Å². The predicted molar refractivity (Wildman–Crippen MR) is 92.6 cm³/mol. The number of benzene rings is 1. The van der Waals surface area contributed by atoms with Crippen molar-refractivity contribution < 1.29 is 14.3 Å². The Morgan fingerprint density at radius 1 is 1.33 bits per heavy atom. The van der Waals surface area contributed by atoms with E-state index in [9.17, 15) is 4.79 Å². The summed E-state index contributed by atoms with van der Waals surface area (Å²) < 4.78 is 10.8. The Balaban J connectivity index is 1.77. The van der Waals surface area contributed by atoms with Crippen LogP contribution in [0.4, 0.5) is 0 Å². The molecule has 1 aliphatic heterocycles. The molecular weight excluding hydrogens is 302 g/mol. The summed E-state index contributed by atoms with van der Waals surface area (Å²) in [5.74, 6) is 1.94. The standard InChI is InChI=1S/C20H27NO3/c1-23-10-9-21-8-7-20-13-15(22)4-6-17(20)19(21)11-14-3-5-16(24-2)12-18(14)20/h3,5,12,17,19H,4,6-11,13H2,1-2H3/t17-,19+,20-/m0/s1. The van der Waals surface area contributed by atoms with Gasteiger partial charge in [-0.3, -0.25) is 9.69 Å². The highest BCUT2D eigenvalue weighted by molar-refractivity contribution is 5.81. The molecule has 4 rings (SSSR count). The Morgan fingerprint density at radius 3 is 3.00 bits per heavy atom. The minimum atomic E-state index is 0.0334. The van der Waals surface area contributed by atoms with E-state index in [1.807, 2.05) is 0 Å². The molecule has 3 atom stereocenters. The van der Waals surface area contributed by atoms with Crippen LogP contribution in [0.2, 0.25) is 0 Å². The summed E-state index contributed by atoms with van der Waals surface area (Å²) in [4.78, 5) is 15.0. The third kappa shape index (κ3) is 2.39. The molecule has 1 aromatic rings. The Morgan fingerprint density at radius 2 is 2.21 bits per heavy atom. The van der Waals surface area contributed by atoms with Gasteiger partial charge in [0, 0.05) is 38.0 Å². The summed E-state index contributed by atoms with van der Waals surface area (Å²) in [6, 6.07) is 7.04. The number of nitrogens with zero attached hydrogens (tertiary/aromatic N) is 1. The van der Waals surface area contributed by atoms with E-state index in [1.54, 1.807) is 14.2 Å². The average Bonchev–Trinajstić information content (AvgIpc) is 2.60. The van der Waals surface area contributed by atoms with Crippen molar-refractivity contribution in [2.45, 2.75) is 43.6 Å². The third-order valence-electron chi connectivity index (χ3n) is 6.60. The molecule has 1 saturated carbocycles. The summed E-state index contributed by atoms with van der Waals surface area (Å²) >= 11 is 0. The number of carbonyl (C=O) groups is 1. The quantitative estimate of drug-likeness (QED) is 0.851. The number of fused-ring (bicyclic) bond motifs is 1. The van der Waals surface area contributed by atoms with Gasteiger partial charge in [-0.25, -0.2) is 0 Å². The fourth-order valence-electron chi connectivity index (χ4n) is 5.50. The van der Waals surface area contributed by atoms with Gasteiger partial charge in [-0.05, 0) is 55.0 Å². The Hall–Kier alpha value is -1.39. The molecule has 0 amide bonds. The maximum Gasteiger partial charge on any atom is 0.133 e. The maximum absolute atomic E-state index is 12.4. The lowest BCUT2D eigenvalue weighted by atomic mass is 9.52. The lowest BCUT2D eigenvalue weighted by Gasteiger charge is -2.58. The molecule has 2 aliphatic carbocycles. The molecule has 130 valence electrons. The zero-order valence-electron chi connectivity index (χ0n) is 14.7. The van der Waals surface area contributed by atoms with Crippen molar-refractivity contribution in [2.75, 3.05) is 33.9 Å². The molecule has 1 heterocycles. The van der Waals surface area contributed by atoms with Crippen LogP contribution in [-0.2, 0) is 21.4 Å². The third-order valence-corrected chi connectivity index (χ3v) is 6.60. The second kappa shape index (κ2) is 6.16. The highest BCUT2D eigenvalue weighted by atomic mass is 16.5. The van der Waals surface area contributed by atoms with Crippen molar-refractivity contribution in [1.82, 2.24) is 4.90 Å². The van der Waals surface area contributed by atoms with E-state index < -0.39 is 0 Å². The fraction of sp³-hybridized carbons (Fsp3) is 0.650. The van der Waals surface area contributed by atoms with E-state index >= 15 is 0 Å². The number of hydrogen-bond donors (Lipinski definition) is 0. The summed E-state index contributed by atoms with van der Waals surface area (Å²) in [6.45, 7) is 2.84. The molecule has 2 bridgehead atoms. The number of hydrogen-bond acceptors (Lipinski definition) is 4. The zero-order chi connectivity index (χ0) is 16.7. The number of likely N-dealkylation sites (tertiary alicyclic amines) is 1. The lowest BCUT2D eigenvalue weighted by molar-refractivity contribution is -0.127. The van der Waals surface area contributed by atoms with Gasteiger partial charge in [0.05, 0.1) is 13.7 Å². The van der Waals surface area contributed by atoms with Gasteiger partial charge < -0.3 is 9.47 Å². The van der Waals surface area contributed by atoms with Gasteiger partial charge in [0.2, 0.25) is 0 Å². The van der Waals surface area contributed by atoms with Crippen LogP contribution in [0, 0.1) is 5.92 Å². The number of ether oxygens (including phenoxy) is 2. The number of carbonyl (C=O) groups excluding carboxylic acids is 1. The number of methoxy groups -OCH3 is 2. The van der Waals surface area contributed by atoms with Crippen molar-refractivity contribution in [3.63, 3.8) is 0 Å². The lowest BCUT2D eigenvalue weighted by Crippen LogP contribution is -2.62. The van der Waals surface area contributed by atoms with E-state index in [1.165, 1.54) is 11.1 Å². The monoisotopic (exact) mass is 329 g/mol. The highest BCUT2D eigenvalue weighted by Gasteiger charge is 2.55. The molecule has 0 spiro atoms. The van der Waals surface area contributed by atoms with Crippen LogP contribution in [0.1, 0.15) is 36.8 Å². The molecule has 0 unspecified atom stereocenters. The zero-order valence-corrected chi connectivity index (χ0v) is 14.7. The highest BCUT2D eigenvalue weighted by Crippen LogP contribution is 2.55. The molecule has 4 nitrogen and oxygen atoms in total. The van der Waals surface area contributed by atoms with E-state index in [0.717, 1.165) is 51.1 Å². The van der Waals surface area contributed by atoms with E-state index in [-0.39, 0.29) is 5.41 Å². The van der Waals surface area contributed by atoms with Crippen LogP contribution in [0.25, 0.3) is 0 Å². The fourth-order valence-corrected chi connectivity index (χ4v) is 5.50. The molecule has 2 fully saturated rings. The second-order valence-electron chi connectivity index (χ2n) is 7.59. The van der Waals surface area contributed by atoms with Crippen LogP contribution in [-0.4, -0.2) is 50.6 Å². The van der Waals surface area contributed by atoms with Crippen LogP contribution < -0.4 is 4.74 Å². The molecule has 0 aromatic heterocycles. The summed E-state index contributed by atoms with van der Waals surface area (Å²) in [5.41, 5.74) is 2.84. The largest absolute Gasteiger partial charge is 0.497 e. The number of rotatable bonds is 4. The van der Waals surface area contributed by atoms with Crippen molar-refractivity contribution >= 4 is 5.78 Å². The number of piperidine rings is 1. The molecule has 4 heteroatoms. The average molecular weight is 329 g/mol. The Labute approximate surface area is 144 Å². The number of ketones is 1. The van der Waals surface area contributed by atoms with Crippen molar-refractivity contribution in [2.24, 2.45) is 5.92 Å². The van der Waals surface area contributed by atoms with Crippen LogP contribution >= 0.6 is 0 Å². The van der Waals surface area contributed by atoms with E-state index in [0.29, 0.717) is 24.2 Å². The van der Waals surface area contributed by atoms with Gasteiger partial charge >= 0.3 is 0 Å². The van der Waals surface area contributed by atoms with Gasteiger partial charge in [-0.15, -0.1) is 0 Å². The van der Waals surface area contributed by atoms with Gasteiger partial charge in [0.25, 0.3) is 0 Å². The summed E-state index contributed by atoms with van der Waals surface area (Å²) in [7, 11) is 3.50. The minimum absolute atomic E-state index is 0.0334. The Kier molecular flexibility index (Phi) is 4.13. The first-order valence-corrected chi connectivity index (χ1v) is 9.10. The predicted octanol–water partition coefficient (Wildman–Crippen LogP) is 2.58. The summed E-state index contributed by atoms with van der Waals surface area (Å²) in [5, 5.41) is 0. The SMILES string of the molecule is COCCN1CC[C@]23CC(=O)CC[C@H]2[C@H]1Cc1ccc(OC)cc13. The summed E-state index contributed by atoms with van der Waals surface area (Å²) in [6.07, 6.45) is 4.66. The maximum atomic E-state index is 12.4. The first-order chi connectivity index (χ1) is 11.7. The first-order valence-electron chi connectivity index (χ1n) is 9.10. The van der Waals surface area contributed by atoms with Crippen molar-refractivity contribution in [3.05, 3.63) is 29.3 Å². The molecule has 24 heavy (non-hydrogen) atoms. The molecule has 0 radical (unpaired) electrons. The van der Waals surface area contributed by atoms with Crippen LogP contribution in [0.3, 0.4) is 0 Å². The van der Waals surface area contributed by atoms with Gasteiger partial charge in [0.15, 0.2) is 0 Å². The minimum Gasteiger partial charge on any atom is -0.497 e. The van der Waals surface area contributed by atoms with Gasteiger partial charge in [-0.2, -0.15) is 0 Å². The number of Topliss-reactive ketones (excluding diaryl/α,β-unsaturated/α-hetero) is 1. The van der Waals surface area contributed by atoms with Gasteiger partial charge in [-0.1, -0.05) is 6.07 Å². The van der Waals surface area contributed by atoms with Crippen molar-refractivity contribution in [3.8, 4) is 5.75 Å². The van der Waals surface area contributed by atoms with Crippen LogP contribution in [0.5, 0.6) is 5.75 Å². The molecule has 1 aromatic carbocycles. The second-order valence-corrected chi connectivity index (χ2v) is 7.59. The van der Waals surface area contributed by atoms with Crippen LogP contribution in [0.15, 0.2) is 18.2 Å². The van der Waals surface area contributed by atoms with Crippen molar-refractivity contribution in [1.29, 1.82) is 0 Å². The van der Waals surface area contributed by atoms with E-state index in [4.69, 9.17) is 9.47 Å². The smallest absolute Gasteiger partial charge is 0.133 e. The molecule has 0 N–H and O–H groups in total. The molecule has 1 saturated heterocycles. The Bertz CT molecular complexity index is 644. The molecular formula is C20H27NO3. The van der Waals surface area contributed by atoms with Gasteiger partial charge in [0.1, 0.15) is 11.5 Å². The normalized spacial score (nSPS) is 32.2.